The molecule has 0 saturated carbocycles. The summed E-state index contributed by atoms with van der Waals surface area (Å²) < 4.78 is 7.21. The van der Waals surface area contributed by atoms with Crippen LogP contribution in [0.1, 0.15) is 40.2 Å². The Morgan fingerprint density at radius 3 is 2.66 bits per heavy atom. The second kappa shape index (κ2) is 7.80. The number of amides is 1. The maximum atomic E-state index is 12.3. The van der Waals surface area contributed by atoms with Crippen LogP contribution in [0.15, 0.2) is 30.6 Å². The molecule has 3 heterocycles. The SMILES string of the molecule is CC(=O)N1c2ccc(-c3cnn(C4COC4)c3)cc2N(C(O)CC(C)C)C[C@@H]1C. The number of rotatable bonds is 5. The first kappa shape index (κ1) is 19.9. The van der Waals surface area contributed by atoms with Gasteiger partial charge in [0.05, 0.1) is 42.9 Å². The lowest BCUT2D eigenvalue weighted by molar-refractivity contribution is -0.117. The van der Waals surface area contributed by atoms with E-state index >= 15 is 0 Å². The summed E-state index contributed by atoms with van der Waals surface area (Å²) in [5.41, 5.74) is 3.78. The normalized spacial score (nSPS) is 20.6. The van der Waals surface area contributed by atoms with E-state index in [1.807, 2.05) is 45.9 Å². The summed E-state index contributed by atoms with van der Waals surface area (Å²) in [6.07, 6.45) is 3.99. The monoisotopic (exact) mass is 398 g/mol. The number of aliphatic hydroxyl groups is 1. The van der Waals surface area contributed by atoms with E-state index in [1.54, 1.807) is 6.92 Å². The number of hydrogen-bond acceptors (Lipinski definition) is 5. The van der Waals surface area contributed by atoms with Crippen LogP contribution < -0.4 is 9.80 Å². The molecule has 1 unspecified atom stereocenters. The third-order valence-corrected chi connectivity index (χ3v) is 5.76. The number of aromatic nitrogens is 2. The number of ether oxygens (including phenoxy) is 1. The zero-order chi connectivity index (χ0) is 20.7. The zero-order valence-electron chi connectivity index (χ0n) is 17.6. The molecular formula is C22H30N4O3. The van der Waals surface area contributed by atoms with Crippen molar-refractivity contribution in [3.63, 3.8) is 0 Å². The standard InChI is InChI=1S/C22H30N4O3/c1-14(2)7-22(28)24-10-15(3)26(16(4)27)20-6-5-17(8-21(20)24)18-9-23-25(11-18)19-12-29-13-19/h5-6,8-9,11,14-15,19,22,28H,7,10,12-13H2,1-4H3/t15-,22?/m0/s1. The minimum Gasteiger partial charge on any atom is -0.377 e. The van der Waals surface area contributed by atoms with Crippen LogP contribution in [-0.2, 0) is 9.53 Å². The maximum Gasteiger partial charge on any atom is 0.224 e. The molecule has 2 aliphatic heterocycles. The number of fused-ring (bicyclic) bond motifs is 1. The summed E-state index contributed by atoms with van der Waals surface area (Å²) in [6.45, 7) is 9.83. The summed E-state index contributed by atoms with van der Waals surface area (Å²) in [5, 5.41) is 15.4. The molecule has 1 fully saturated rings. The molecule has 2 atom stereocenters. The molecule has 0 bridgehead atoms. The molecule has 0 spiro atoms. The van der Waals surface area contributed by atoms with Crippen LogP contribution in [-0.4, -0.2) is 52.8 Å². The molecule has 1 saturated heterocycles. The molecule has 0 radical (unpaired) electrons. The average molecular weight is 399 g/mol. The lowest BCUT2D eigenvalue weighted by atomic mass is 10.0. The van der Waals surface area contributed by atoms with Gasteiger partial charge in [0, 0.05) is 25.2 Å². The molecule has 1 aromatic heterocycles. The Morgan fingerprint density at radius 1 is 1.28 bits per heavy atom. The highest BCUT2D eigenvalue weighted by molar-refractivity contribution is 5.98. The first-order valence-corrected chi connectivity index (χ1v) is 10.4. The molecule has 29 heavy (non-hydrogen) atoms. The Labute approximate surface area is 171 Å². The average Bonchev–Trinajstić information content (AvgIpc) is 3.07. The molecule has 1 aromatic carbocycles. The van der Waals surface area contributed by atoms with E-state index in [1.165, 1.54) is 0 Å². The highest BCUT2D eigenvalue weighted by Crippen LogP contribution is 2.40. The van der Waals surface area contributed by atoms with Crippen molar-refractivity contribution in [2.24, 2.45) is 5.92 Å². The second-order valence-corrected chi connectivity index (χ2v) is 8.60. The maximum absolute atomic E-state index is 12.3. The Morgan fingerprint density at radius 2 is 2.03 bits per heavy atom. The number of benzene rings is 1. The predicted octanol–water partition coefficient (Wildman–Crippen LogP) is 3.05. The zero-order valence-corrected chi connectivity index (χ0v) is 17.6. The third-order valence-electron chi connectivity index (χ3n) is 5.76. The van der Waals surface area contributed by atoms with E-state index in [4.69, 9.17) is 4.74 Å². The van der Waals surface area contributed by atoms with E-state index in [0.717, 1.165) is 22.5 Å². The van der Waals surface area contributed by atoms with Gasteiger partial charge in [0.15, 0.2) is 0 Å². The fraction of sp³-hybridized carbons (Fsp3) is 0.545. The fourth-order valence-corrected chi connectivity index (χ4v) is 4.21. The lowest BCUT2D eigenvalue weighted by Gasteiger charge is -2.44. The van der Waals surface area contributed by atoms with E-state index in [9.17, 15) is 9.90 Å². The fourth-order valence-electron chi connectivity index (χ4n) is 4.21. The predicted molar refractivity (Wildman–Crippen MR) is 113 cm³/mol. The molecule has 156 valence electrons. The minimum atomic E-state index is -0.588. The number of hydrogen-bond donors (Lipinski definition) is 1. The summed E-state index contributed by atoms with van der Waals surface area (Å²) in [5.74, 6) is 0.392. The van der Waals surface area contributed by atoms with Crippen LogP contribution in [0, 0.1) is 5.92 Å². The molecule has 2 aliphatic rings. The van der Waals surface area contributed by atoms with E-state index < -0.39 is 6.23 Å². The number of anilines is 2. The van der Waals surface area contributed by atoms with Crippen molar-refractivity contribution < 1.29 is 14.6 Å². The van der Waals surface area contributed by atoms with Crippen LogP contribution in [0.4, 0.5) is 11.4 Å². The lowest BCUT2D eigenvalue weighted by Crippen LogP contribution is -2.52. The molecule has 1 N–H and O–H groups in total. The van der Waals surface area contributed by atoms with Gasteiger partial charge in [-0.2, -0.15) is 5.10 Å². The van der Waals surface area contributed by atoms with Gasteiger partial charge in [-0.1, -0.05) is 19.9 Å². The molecular weight excluding hydrogens is 368 g/mol. The van der Waals surface area contributed by atoms with Crippen LogP contribution in [0.3, 0.4) is 0 Å². The highest BCUT2D eigenvalue weighted by atomic mass is 16.5. The molecule has 7 nitrogen and oxygen atoms in total. The Kier molecular flexibility index (Phi) is 5.36. The number of carbonyl (C=O) groups is 1. The summed E-state index contributed by atoms with van der Waals surface area (Å²) in [7, 11) is 0. The van der Waals surface area contributed by atoms with Gasteiger partial charge in [-0.3, -0.25) is 9.48 Å². The topological polar surface area (TPSA) is 70.8 Å². The van der Waals surface area contributed by atoms with Crippen molar-refractivity contribution in [1.29, 1.82) is 0 Å². The van der Waals surface area contributed by atoms with Crippen molar-refractivity contribution in [3.8, 4) is 11.1 Å². The molecule has 7 heteroatoms. The number of carbonyl (C=O) groups excluding carboxylic acids is 1. The Balaban J connectivity index is 1.72. The first-order chi connectivity index (χ1) is 13.8. The van der Waals surface area contributed by atoms with Crippen LogP contribution in [0.5, 0.6) is 0 Å². The van der Waals surface area contributed by atoms with Crippen molar-refractivity contribution in [2.75, 3.05) is 29.6 Å². The van der Waals surface area contributed by atoms with Crippen molar-refractivity contribution in [3.05, 3.63) is 30.6 Å². The number of nitrogens with zero attached hydrogens (tertiary/aromatic N) is 4. The van der Waals surface area contributed by atoms with Crippen LogP contribution in [0.25, 0.3) is 11.1 Å². The Hall–Kier alpha value is -2.38. The van der Waals surface area contributed by atoms with Crippen LogP contribution >= 0.6 is 0 Å². The van der Waals surface area contributed by atoms with Crippen LogP contribution in [0.2, 0.25) is 0 Å². The first-order valence-electron chi connectivity index (χ1n) is 10.4. The molecule has 0 aliphatic carbocycles. The molecule has 2 aromatic rings. The van der Waals surface area contributed by atoms with Gasteiger partial charge in [0.25, 0.3) is 0 Å². The van der Waals surface area contributed by atoms with Gasteiger partial charge in [-0.05, 0) is 37.0 Å². The third kappa shape index (κ3) is 3.76. The van der Waals surface area contributed by atoms with Gasteiger partial charge < -0.3 is 19.6 Å². The molecule has 4 rings (SSSR count). The minimum absolute atomic E-state index is 0.00553. The van der Waals surface area contributed by atoms with E-state index in [2.05, 4.69) is 25.0 Å². The van der Waals surface area contributed by atoms with Gasteiger partial charge in [0.1, 0.15) is 6.23 Å². The van der Waals surface area contributed by atoms with Gasteiger partial charge in [-0.25, -0.2) is 0 Å². The summed E-state index contributed by atoms with van der Waals surface area (Å²) in [6, 6.07) is 6.38. The second-order valence-electron chi connectivity index (χ2n) is 8.60. The Bertz CT molecular complexity index is 890. The largest absolute Gasteiger partial charge is 0.377 e. The van der Waals surface area contributed by atoms with Crippen molar-refractivity contribution in [1.82, 2.24) is 9.78 Å². The van der Waals surface area contributed by atoms with Crippen molar-refractivity contribution >= 4 is 17.3 Å². The van der Waals surface area contributed by atoms with Crippen molar-refractivity contribution in [2.45, 2.75) is 52.4 Å². The number of aliphatic hydroxyl groups excluding tert-OH is 1. The highest BCUT2D eigenvalue weighted by Gasteiger charge is 2.34. The quantitative estimate of drug-likeness (QED) is 0.838. The summed E-state index contributed by atoms with van der Waals surface area (Å²) >= 11 is 0. The summed E-state index contributed by atoms with van der Waals surface area (Å²) in [4.78, 5) is 16.2. The van der Waals surface area contributed by atoms with Gasteiger partial charge in [0.2, 0.25) is 5.91 Å². The molecule has 1 amide bonds. The van der Waals surface area contributed by atoms with Gasteiger partial charge >= 0.3 is 0 Å². The van der Waals surface area contributed by atoms with E-state index in [0.29, 0.717) is 38.1 Å². The smallest absolute Gasteiger partial charge is 0.224 e. The van der Waals surface area contributed by atoms with Gasteiger partial charge in [-0.15, -0.1) is 0 Å². The van der Waals surface area contributed by atoms with E-state index in [-0.39, 0.29) is 11.9 Å².